The van der Waals surface area contributed by atoms with Gasteiger partial charge in [-0.2, -0.15) is 0 Å². The highest BCUT2D eigenvalue weighted by Gasteiger charge is 2.06. The highest BCUT2D eigenvalue weighted by Crippen LogP contribution is 2.15. The van der Waals surface area contributed by atoms with Gasteiger partial charge in [0.15, 0.2) is 0 Å². The molecule has 2 rings (SSSR count). The van der Waals surface area contributed by atoms with Crippen molar-refractivity contribution in [3.05, 3.63) is 69.8 Å². The highest BCUT2D eigenvalue weighted by atomic mass is 16.6. The first-order valence-corrected chi connectivity index (χ1v) is 7.22. The number of nitro groups is 1. The fourth-order valence-corrected chi connectivity index (χ4v) is 2.01. The molecule has 1 amide bonds. The Labute approximate surface area is 139 Å². The zero-order chi connectivity index (χ0) is 17.4. The summed E-state index contributed by atoms with van der Waals surface area (Å²) in [6.45, 7) is 0.212. The molecule has 2 aromatic carbocycles. The van der Waals surface area contributed by atoms with Crippen molar-refractivity contribution in [1.82, 2.24) is 5.32 Å². The molecule has 0 fully saturated rings. The van der Waals surface area contributed by atoms with Crippen LogP contribution in [-0.2, 0) is 11.2 Å². The van der Waals surface area contributed by atoms with E-state index in [0.717, 1.165) is 5.56 Å². The maximum Gasteiger partial charge on any atom is 0.269 e. The van der Waals surface area contributed by atoms with Crippen molar-refractivity contribution in [3.8, 4) is 17.6 Å². The number of non-ortho nitro benzene ring substituents is 1. The third-order valence-electron chi connectivity index (χ3n) is 3.22. The van der Waals surface area contributed by atoms with Crippen LogP contribution in [0.15, 0.2) is 48.5 Å². The van der Waals surface area contributed by atoms with Gasteiger partial charge in [0, 0.05) is 12.1 Å². The Bertz CT molecular complexity index is 789. The van der Waals surface area contributed by atoms with Crippen molar-refractivity contribution in [2.45, 2.75) is 6.42 Å². The fraction of sp³-hybridized carbons (Fsp3) is 0.167. The van der Waals surface area contributed by atoms with Crippen LogP contribution in [0.4, 0.5) is 5.69 Å². The predicted octanol–water partition coefficient (Wildman–Crippen LogP) is 2.31. The predicted molar refractivity (Wildman–Crippen MR) is 89.7 cm³/mol. The van der Waals surface area contributed by atoms with E-state index in [1.54, 1.807) is 19.2 Å². The van der Waals surface area contributed by atoms with Crippen LogP contribution >= 0.6 is 0 Å². The average molecular weight is 324 g/mol. The van der Waals surface area contributed by atoms with Gasteiger partial charge in [0.2, 0.25) is 5.91 Å². The normalized spacial score (nSPS) is 9.54. The molecule has 0 saturated heterocycles. The summed E-state index contributed by atoms with van der Waals surface area (Å²) in [5, 5.41) is 13.3. The number of nitro benzene ring substituents is 1. The number of nitrogens with one attached hydrogen (secondary N) is 1. The maximum atomic E-state index is 11.8. The number of rotatable bonds is 5. The second-order valence-electron chi connectivity index (χ2n) is 4.88. The van der Waals surface area contributed by atoms with Crippen LogP contribution in [0.25, 0.3) is 0 Å². The largest absolute Gasteiger partial charge is 0.495 e. The number of carbonyl (C=O) groups is 1. The molecule has 0 aromatic heterocycles. The number of carbonyl (C=O) groups excluding carboxylic acids is 1. The van der Waals surface area contributed by atoms with Gasteiger partial charge in [-0.3, -0.25) is 14.9 Å². The van der Waals surface area contributed by atoms with Crippen molar-refractivity contribution in [2.24, 2.45) is 0 Å². The molecule has 0 saturated carbocycles. The van der Waals surface area contributed by atoms with Crippen molar-refractivity contribution >= 4 is 11.6 Å². The number of ether oxygens (including phenoxy) is 1. The number of nitrogens with zero attached hydrogens (tertiary/aromatic N) is 1. The molecule has 0 aliphatic carbocycles. The zero-order valence-electron chi connectivity index (χ0n) is 13.1. The van der Waals surface area contributed by atoms with E-state index in [1.807, 2.05) is 24.3 Å². The van der Waals surface area contributed by atoms with Crippen LogP contribution < -0.4 is 10.1 Å². The molecule has 0 radical (unpaired) electrons. The van der Waals surface area contributed by atoms with E-state index in [0.29, 0.717) is 11.3 Å². The second-order valence-corrected chi connectivity index (χ2v) is 4.88. The molecule has 122 valence electrons. The summed E-state index contributed by atoms with van der Waals surface area (Å²) in [7, 11) is 1.58. The Kier molecular flexibility index (Phi) is 5.92. The minimum absolute atomic E-state index is 0.00170. The first-order valence-electron chi connectivity index (χ1n) is 7.22. The van der Waals surface area contributed by atoms with Gasteiger partial charge in [-0.05, 0) is 17.7 Å². The number of methoxy groups -OCH3 is 1. The van der Waals surface area contributed by atoms with Crippen LogP contribution in [0.5, 0.6) is 5.75 Å². The topological polar surface area (TPSA) is 81.5 Å². The van der Waals surface area contributed by atoms with Gasteiger partial charge in [0.1, 0.15) is 5.75 Å². The number of benzene rings is 2. The van der Waals surface area contributed by atoms with Crippen LogP contribution in [0.2, 0.25) is 0 Å². The molecule has 6 nitrogen and oxygen atoms in total. The minimum atomic E-state index is -0.475. The Morgan fingerprint density at radius 2 is 1.92 bits per heavy atom. The van der Waals surface area contributed by atoms with Gasteiger partial charge in [-0.1, -0.05) is 36.1 Å². The maximum absolute atomic E-state index is 11.8. The van der Waals surface area contributed by atoms with Crippen LogP contribution in [-0.4, -0.2) is 24.5 Å². The van der Waals surface area contributed by atoms with Gasteiger partial charge in [0.25, 0.3) is 5.69 Å². The van der Waals surface area contributed by atoms with E-state index in [2.05, 4.69) is 17.2 Å². The second kappa shape index (κ2) is 8.34. The van der Waals surface area contributed by atoms with Crippen molar-refractivity contribution in [2.75, 3.05) is 13.7 Å². The number of hydrogen-bond donors (Lipinski definition) is 1. The first-order chi connectivity index (χ1) is 11.6. The van der Waals surface area contributed by atoms with E-state index < -0.39 is 4.92 Å². The van der Waals surface area contributed by atoms with Crippen LogP contribution in [0, 0.1) is 22.0 Å². The molecule has 1 N–H and O–H groups in total. The minimum Gasteiger partial charge on any atom is -0.495 e. The Morgan fingerprint density at radius 3 is 2.58 bits per heavy atom. The first kappa shape index (κ1) is 17.0. The van der Waals surface area contributed by atoms with E-state index in [4.69, 9.17) is 4.74 Å². The van der Waals surface area contributed by atoms with Crippen LogP contribution in [0.3, 0.4) is 0 Å². The van der Waals surface area contributed by atoms with Crippen molar-refractivity contribution in [1.29, 1.82) is 0 Å². The summed E-state index contributed by atoms with van der Waals surface area (Å²) in [4.78, 5) is 21.9. The van der Waals surface area contributed by atoms with Crippen molar-refractivity contribution < 1.29 is 14.5 Å². The van der Waals surface area contributed by atoms with E-state index in [-0.39, 0.29) is 24.6 Å². The summed E-state index contributed by atoms with van der Waals surface area (Å²) in [6, 6.07) is 13.3. The Morgan fingerprint density at radius 1 is 1.21 bits per heavy atom. The molecule has 2 aromatic rings. The molecular formula is C18H16N2O4. The molecule has 24 heavy (non-hydrogen) atoms. The summed E-state index contributed by atoms with van der Waals surface area (Å²) in [6.07, 6.45) is 0.147. The summed E-state index contributed by atoms with van der Waals surface area (Å²) in [5.74, 6) is 6.29. The lowest BCUT2D eigenvalue weighted by Crippen LogP contribution is -2.25. The number of hydrogen-bond acceptors (Lipinski definition) is 4. The fourth-order valence-electron chi connectivity index (χ4n) is 2.01. The van der Waals surface area contributed by atoms with E-state index in [9.17, 15) is 14.9 Å². The molecule has 0 bridgehead atoms. The van der Waals surface area contributed by atoms with Gasteiger partial charge in [-0.25, -0.2) is 0 Å². The molecule has 0 aliphatic rings. The SMILES string of the molecule is COc1ccccc1C#CCNC(=O)Cc1ccc([N+](=O)[O-])cc1. The average Bonchev–Trinajstić information content (AvgIpc) is 2.59. The lowest BCUT2D eigenvalue weighted by Gasteiger charge is -2.02. The number of para-hydroxylation sites is 1. The summed E-state index contributed by atoms with van der Waals surface area (Å²) in [5.41, 5.74) is 1.46. The van der Waals surface area contributed by atoms with Crippen LogP contribution in [0.1, 0.15) is 11.1 Å². The third kappa shape index (κ3) is 4.85. The summed E-state index contributed by atoms with van der Waals surface area (Å²) >= 11 is 0. The van der Waals surface area contributed by atoms with Gasteiger partial charge in [0.05, 0.1) is 30.6 Å². The van der Waals surface area contributed by atoms with Gasteiger partial charge in [-0.15, -0.1) is 0 Å². The van der Waals surface area contributed by atoms with E-state index >= 15 is 0 Å². The number of amides is 1. The molecular weight excluding hydrogens is 308 g/mol. The Hall–Kier alpha value is -3.33. The quantitative estimate of drug-likeness (QED) is 0.520. The lowest BCUT2D eigenvalue weighted by molar-refractivity contribution is -0.384. The summed E-state index contributed by atoms with van der Waals surface area (Å²) < 4.78 is 5.19. The van der Waals surface area contributed by atoms with E-state index in [1.165, 1.54) is 12.1 Å². The molecule has 0 spiro atoms. The molecule has 0 unspecified atom stereocenters. The zero-order valence-corrected chi connectivity index (χ0v) is 13.1. The molecule has 0 heterocycles. The molecule has 6 heteroatoms. The monoisotopic (exact) mass is 324 g/mol. The smallest absolute Gasteiger partial charge is 0.269 e. The lowest BCUT2D eigenvalue weighted by atomic mass is 10.1. The van der Waals surface area contributed by atoms with Crippen molar-refractivity contribution in [3.63, 3.8) is 0 Å². The molecule has 0 atom stereocenters. The standard InChI is InChI=1S/C18H16N2O4/c1-24-17-7-3-2-5-15(17)6-4-12-19-18(21)13-14-8-10-16(11-9-14)20(22)23/h2-3,5,7-11H,12-13H2,1H3,(H,19,21). The van der Waals surface area contributed by atoms with Gasteiger partial charge < -0.3 is 10.1 Å². The Balaban J connectivity index is 1.86. The highest BCUT2D eigenvalue weighted by molar-refractivity contribution is 5.78. The molecule has 0 aliphatic heterocycles. The van der Waals surface area contributed by atoms with Gasteiger partial charge >= 0.3 is 0 Å². The third-order valence-corrected chi connectivity index (χ3v) is 3.22.